The highest BCUT2D eigenvalue weighted by atomic mass is 35.5. The minimum absolute atomic E-state index is 0.0688. The number of hydrogen-bond donors (Lipinski definition) is 1. The number of carbonyl (C=O) groups excluding carboxylic acids is 1. The van der Waals surface area contributed by atoms with Crippen LogP contribution in [0.2, 0.25) is 5.02 Å². The number of anilines is 1. The van der Waals surface area contributed by atoms with Gasteiger partial charge in [-0.1, -0.05) is 11.6 Å². The highest BCUT2D eigenvalue weighted by Crippen LogP contribution is 2.29. The number of benzene rings is 2. The molecule has 2 aromatic carbocycles. The molecule has 0 unspecified atom stereocenters. The summed E-state index contributed by atoms with van der Waals surface area (Å²) >= 11 is 5.67. The van der Waals surface area contributed by atoms with Crippen molar-refractivity contribution in [2.24, 2.45) is 0 Å². The second-order valence-electron chi connectivity index (χ2n) is 4.84. The van der Waals surface area contributed by atoms with E-state index in [1.54, 1.807) is 0 Å². The highest BCUT2D eigenvalue weighted by molar-refractivity contribution is 7.92. The molecule has 0 saturated heterocycles. The van der Waals surface area contributed by atoms with E-state index in [9.17, 15) is 26.4 Å². The van der Waals surface area contributed by atoms with Crippen molar-refractivity contribution in [3.8, 4) is 0 Å². The molecule has 0 atom stereocenters. The molecule has 2 rings (SSSR count). The Kier molecular flexibility index (Phi) is 5.19. The molecule has 0 radical (unpaired) electrons. The maximum atomic E-state index is 12.4. The predicted molar refractivity (Wildman–Crippen MR) is 83.6 cm³/mol. The zero-order valence-corrected chi connectivity index (χ0v) is 13.5. The molecule has 24 heavy (non-hydrogen) atoms. The van der Waals surface area contributed by atoms with E-state index in [0.717, 1.165) is 24.3 Å². The Hall–Kier alpha value is -2.06. The van der Waals surface area contributed by atoms with E-state index < -0.39 is 33.2 Å². The molecule has 128 valence electrons. The van der Waals surface area contributed by atoms with E-state index >= 15 is 0 Å². The average molecular weight is 378 g/mol. The standard InChI is InChI=1S/C15H11ClF3NO3S/c16-11-3-7-13(8-4-11)24(22,23)9-14(21)20-12-5-1-10(2-6-12)15(17,18)19/h1-8H,9H2,(H,20,21). The second kappa shape index (κ2) is 6.82. The third-order valence-corrected chi connectivity index (χ3v) is 4.87. The van der Waals surface area contributed by atoms with Crippen LogP contribution < -0.4 is 5.32 Å². The van der Waals surface area contributed by atoms with Gasteiger partial charge in [-0.3, -0.25) is 4.79 Å². The van der Waals surface area contributed by atoms with Crippen LogP contribution in [0.25, 0.3) is 0 Å². The predicted octanol–water partition coefficient (Wildman–Crippen LogP) is 3.77. The Labute approximate surface area is 141 Å². The fourth-order valence-corrected chi connectivity index (χ4v) is 3.10. The number of hydrogen-bond acceptors (Lipinski definition) is 3. The molecule has 9 heteroatoms. The van der Waals surface area contributed by atoms with Gasteiger partial charge in [-0.15, -0.1) is 0 Å². The van der Waals surface area contributed by atoms with Gasteiger partial charge in [0.05, 0.1) is 10.5 Å². The summed E-state index contributed by atoms with van der Waals surface area (Å²) in [6.07, 6.45) is -4.49. The number of halogens is 4. The van der Waals surface area contributed by atoms with E-state index in [1.165, 1.54) is 24.3 Å². The molecule has 2 aromatic rings. The van der Waals surface area contributed by atoms with Crippen LogP contribution in [0.5, 0.6) is 0 Å². The molecule has 0 fully saturated rings. The molecular weight excluding hydrogens is 367 g/mol. The van der Waals surface area contributed by atoms with Crippen LogP contribution in [0.1, 0.15) is 5.56 Å². The summed E-state index contributed by atoms with van der Waals surface area (Å²) in [4.78, 5) is 11.7. The minimum Gasteiger partial charge on any atom is -0.325 e. The Morgan fingerprint density at radius 2 is 1.54 bits per heavy atom. The molecule has 0 aliphatic rings. The first-order chi connectivity index (χ1) is 11.1. The summed E-state index contributed by atoms with van der Waals surface area (Å²) < 4.78 is 61.5. The van der Waals surface area contributed by atoms with Gasteiger partial charge in [0.1, 0.15) is 5.75 Å². The van der Waals surface area contributed by atoms with Crippen molar-refractivity contribution in [1.29, 1.82) is 0 Å². The van der Waals surface area contributed by atoms with E-state index in [0.29, 0.717) is 5.02 Å². The van der Waals surface area contributed by atoms with Gasteiger partial charge in [-0.25, -0.2) is 8.42 Å². The summed E-state index contributed by atoms with van der Waals surface area (Å²) in [5.74, 6) is -1.69. The number of sulfone groups is 1. The summed E-state index contributed by atoms with van der Waals surface area (Å²) in [6.45, 7) is 0. The van der Waals surface area contributed by atoms with E-state index in [4.69, 9.17) is 11.6 Å². The fourth-order valence-electron chi connectivity index (χ4n) is 1.84. The topological polar surface area (TPSA) is 63.2 Å². The quantitative estimate of drug-likeness (QED) is 0.882. The molecule has 0 saturated carbocycles. The van der Waals surface area contributed by atoms with Crippen molar-refractivity contribution >= 4 is 33.0 Å². The van der Waals surface area contributed by atoms with Crippen molar-refractivity contribution in [3.63, 3.8) is 0 Å². The smallest absolute Gasteiger partial charge is 0.325 e. The Balaban J connectivity index is 2.06. The highest BCUT2D eigenvalue weighted by Gasteiger charge is 2.30. The average Bonchev–Trinajstić information content (AvgIpc) is 2.46. The van der Waals surface area contributed by atoms with Crippen LogP contribution in [0.3, 0.4) is 0 Å². The Bertz CT molecular complexity index is 832. The van der Waals surface area contributed by atoms with Crippen LogP contribution in [-0.2, 0) is 20.8 Å². The molecule has 0 aromatic heterocycles. The fraction of sp³-hybridized carbons (Fsp3) is 0.133. The molecule has 0 heterocycles. The molecular formula is C15H11ClF3NO3S. The normalized spacial score (nSPS) is 12.0. The van der Waals surface area contributed by atoms with Gasteiger partial charge in [-0.05, 0) is 48.5 Å². The van der Waals surface area contributed by atoms with Gasteiger partial charge < -0.3 is 5.32 Å². The lowest BCUT2D eigenvalue weighted by atomic mass is 10.2. The number of rotatable bonds is 4. The summed E-state index contributed by atoms with van der Waals surface area (Å²) in [7, 11) is -3.88. The zero-order chi connectivity index (χ0) is 18.0. The number of alkyl halides is 3. The summed E-state index contributed by atoms with van der Waals surface area (Å²) in [6, 6.07) is 8.98. The minimum atomic E-state index is -4.49. The molecule has 0 bridgehead atoms. The molecule has 0 spiro atoms. The zero-order valence-electron chi connectivity index (χ0n) is 12.0. The van der Waals surface area contributed by atoms with Gasteiger partial charge in [0.2, 0.25) is 5.91 Å². The van der Waals surface area contributed by atoms with Gasteiger partial charge in [0.15, 0.2) is 9.84 Å². The van der Waals surface area contributed by atoms with Crippen molar-refractivity contribution in [2.45, 2.75) is 11.1 Å². The van der Waals surface area contributed by atoms with Gasteiger partial charge in [-0.2, -0.15) is 13.2 Å². The lowest BCUT2D eigenvalue weighted by molar-refractivity contribution is -0.137. The van der Waals surface area contributed by atoms with Gasteiger partial charge >= 0.3 is 6.18 Å². The largest absolute Gasteiger partial charge is 0.416 e. The molecule has 1 N–H and O–H groups in total. The van der Waals surface area contributed by atoms with Crippen LogP contribution in [-0.4, -0.2) is 20.1 Å². The van der Waals surface area contributed by atoms with Crippen molar-refractivity contribution in [1.82, 2.24) is 0 Å². The first-order valence-electron chi connectivity index (χ1n) is 6.53. The number of amides is 1. The SMILES string of the molecule is O=C(CS(=O)(=O)c1ccc(Cl)cc1)Nc1ccc(C(F)(F)F)cc1. The van der Waals surface area contributed by atoms with Crippen molar-refractivity contribution in [3.05, 3.63) is 59.1 Å². The van der Waals surface area contributed by atoms with Crippen molar-refractivity contribution < 1.29 is 26.4 Å². The lowest BCUT2D eigenvalue weighted by Gasteiger charge is -2.09. The van der Waals surface area contributed by atoms with Crippen LogP contribution in [0.15, 0.2) is 53.4 Å². The number of carbonyl (C=O) groups is 1. The van der Waals surface area contributed by atoms with E-state index in [1.807, 2.05) is 0 Å². The van der Waals surface area contributed by atoms with Crippen LogP contribution in [0, 0.1) is 0 Å². The molecule has 4 nitrogen and oxygen atoms in total. The molecule has 0 aliphatic heterocycles. The van der Waals surface area contributed by atoms with E-state index in [2.05, 4.69) is 5.32 Å². The second-order valence-corrected chi connectivity index (χ2v) is 7.26. The number of nitrogens with one attached hydrogen (secondary N) is 1. The van der Waals surface area contributed by atoms with Gasteiger partial charge in [0, 0.05) is 10.7 Å². The summed E-state index contributed by atoms with van der Waals surface area (Å²) in [5, 5.41) is 2.60. The third kappa shape index (κ3) is 4.72. The maximum Gasteiger partial charge on any atom is 0.416 e. The Morgan fingerprint density at radius 3 is 2.04 bits per heavy atom. The van der Waals surface area contributed by atoms with Gasteiger partial charge in [0.25, 0.3) is 0 Å². The maximum absolute atomic E-state index is 12.4. The molecule has 1 amide bonds. The molecule has 0 aliphatic carbocycles. The first kappa shape index (κ1) is 18.3. The summed E-state index contributed by atoms with van der Waals surface area (Å²) in [5.41, 5.74) is -0.798. The van der Waals surface area contributed by atoms with Crippen LogP contribution >= 0.6 is 11.6 Å². The van der Waals surface area contributed by atoms with E-state index in [-0.39, 0.29) is 10.6 Å². The third-order valence-electron chi connectivity index (χ3n) is 2.99. The first-order valence-corrected chi connectivity index (χ1v) is 8.56. The van der Waals surface area contributed by atoms with Crippen LogP contribution in [0.4, 0.5) is 18.9 Å². The Morgan fingerprint density at radius 1 is 1.00 bits per heavy atom. The van der Waals surface area contributed by atoms with Crippen molar-refractivity contribution in [2.75, 3.05) is 11.1 Å². The monoisotopic (exact) mass is 377 g/mol. The lowest BCUT2D eigenvalue weighted by Crippen LogP contribution is -2.23.